The Balaban J connectivity index is 1.75. The van der Waals surface area contributed by atoms with E-state index in [1.807, 2.05) is 0 Å². The van der Waals surface area contributed by atoms with Crippen molar-refractivity contribution >= 4 is 27.3 Å². The molecule has 0 bridgehead atoms. The van der Waals surface area contributed by atoms with E-state index < -0.39 is 0 Å². The van der Waals surface area contributed by atoms with Crippen molar-refractivity contribution in [2.45, 2.75) is 19.9 Å². The first kappa shape index (κ1) is 11.6. The fourth-order valence-electron chi connectivity index (χ4n) is 1.95. The molecule has 2 nitrogen and oxygen atoms in total. The molecule has 1 unspecified atom stereocenters. The molecule has 1 aromatic heterocycles. The average molecular weight is 289 g/mol. The maximum absolute atomic E-state index is 3.55. The Bertz CT molecular complexity index is 318. The Kier molecular flexibility index (Phi) is 3.83. The van der Waals surface area contributed by atoms with E-state index in [9.17, 15) is 0 Å². The minimum absolute atomic E-state index is 0.453. The highest BCUT2D eigenvalue weighted by atomic mass is 79.9. The molecular weight excluding hydrogens is 272 g/mol. The van der Waals surface area contributed by atoms with Gasteiger partial charge in [0.15, 0.2) is 0 Å². The number of nitrogens with one attached hydrogen (secondary N) is 2. The van der Waals surface area contributed by atoms with Crippen LogP contribution in [-0.4, -0.2) is 19.6 Å². The maximum Gasteiger partial charge on any atom is 0.0300 e. The van der Waals surface area contributed by atoms with E-state index in [0.29, 0.717) is 5.41 Å². The number of halogens is 1. The summed E-state index contributed by atoms with van der Waals surface area (Å²) in [6.07, 6.45) is 1.29. The van der Waals surface area contributed by atoms with Crippen LogP contribution < -0.4 is 10.6 Å². The van der Waals surface area contributed by atoms with Gasteiger partial charge in [-0.25, -0.2) is 0 Å². The summed E-state index contributed by atoms with van der Waals surface area (Å²) in [7, 11) is 0. The van der Waals surface area contributed by atoms with Crippen LogP contribution in [0.2, 0.25) is 0 Å². The molecule has 2 rings (SSSR count). The molecule has 1 aromatic rings. The SMILES string of the molecule is CC1(CNCc2cc(Br)cs2)CCNC1. The molecule has 1 saturated heterocycles. The molecule has 0 radical (unpaired) electrons. The lowest BCUT2D eigenvalue weighted by molar-refractivity contribution is 0.340. The molecule has 1 atom stereocenters. The van der Waals surface area contributed by atoms with Crippen molar-refractivity contribution in [3.8, 4) is 0 Å². The van der Waals surface area contributed by atoms with Gasteiger partial charge in [-0.1, -0.05) is 6.92 Å². The second kappa shape index (κ2) is 4.95. The number of hydrogen-bond acceptors (Lipinski definition) is 3. The summed E-state index contributed by atoms with van der Waals surface area (Å²) in [5.41, 5.74) is 0.453. The topological polar surface area (TPSA) is 24.1 Å². The summed E-state index contributed by atoms with van der Waals surface area (Å²) in [4.78, 5) is 1.40. The van der Waals surface area contributed by atoms with Crippen molar-refractivity contribution in [2.24, 2.45) is 5.41 Å². The quantitative estimate of drug-likeness (QED) is 0.890. The normalized spacial score (nSPS) is 26.0. The third kappa shape index (κ3) is 3.28. The summed E-state index contributed by atoms with van der Waals surface area (Å²) < 4.78 is 1.19. The predicted molar refractivity (Wildman–Crippen MR) is 69.3 cm³/mol. The standard InChI is InChI=1S/C11H17BrN2S/c1-11(2-3-13-7-11)8-14-5-10-4-9(12)6-15-10/h4,6,13-14H,2-3,5,7-8H2,1H3. The van der Waals surface area contributed by atoms with Crippen LogP contribution in [0, 0.1) is 5.41 Å². The summed E-state index contributed by atoms with van der Waals surface area (Å²) in [6.45, 7) is 6.77. The lowest BCUT2D eigenvalue weighted by Gasteiger charge is -2.22. The predicted octanol–water partition coefficient (Wildman–Crippen LogP) is 2.60. The second-order valence-electron chi connectivity index (χ2n) is 4.57. The first-order valence-corrected chi connectivity index (χ1v) is 7.00. The first-order valence-electron chi connectivity index (χ1n) is 5.32. The van der Waals surface area contributed by atoms with Crippen molar-refractivity contribution in [1.29, 1.82) is 0 Å². The highest BCUT2D eigenvalue weighted by Gasteiger charge is 2.27. The first-order chi connectivity index (χ1) is 7.18. The molecule has 2 heterocycles. The van der Waals surface area contributed by atoms with Gasteiger partial charge in [0.25, 0.3) is 0 Å². The van der Waals surface area contributed by atoms with Gasteiger partial charge < -0.3 is 10.6 Å². The van der Waals surface area contributed by atoms with Crippen LogP contribution in [-0.2, 0) is 6.54 Å². The van der Waals surface area contributed by atoms with Crippen LogP contribution in [0.25, 0.3) is 0 Å². The monoisotopic (exact) mass is 288 g/mol. The third-order valence-corrected chi connectivity index (χ3v) is 4.63. The van der Waals surface area contributed by atoms with Crippen LogP contribution in [0.1, 0.15) is 18.2 Å². The second-order valence-corrected chi connectivity index (χ2v) is 6.48. The van der Waals surface area contributed by atoms with Crippen LogP contribution in [0.15, 0.2) is 15.9 Å². The van der Waals surface area contributed by atoms with E-state index >= 15 is 0 Å². The van der Waals surface area contributed by atoms with Crippen LogP contribution in [0.4, 0.5) is 0 Å². The van der Waals surface area contributed by atoms with Gasteiger partial charge in [0.2, 0.25) is 0 Å². The minimum atomic E-state index is 0.453. The van der Waals surface area contributed by atoms with Gasteiger partial charge in [0.1, 0.15) is 0 Å². The Hall–Kier alpha value is 0.1000. The van der Waals surface area contributed by atoms with E-state index in [1.165, 1.54) is 22.3 Å². The van der Waals surface area contributed by atoms with Crippen LogP contribution in [0.5, 0.6) is 0 Å². The van der Waals surface area contributed by atoms with Gasteiger partial charge in [-0.05, 0) is 40.4 Å². The summed E-state index contributed by atoms with van der Waals surface area (Å²) in [5.74, 6) is 0. The van der Waals surface area contributed by atoms with Gasteiger partial charge in [0.05, 0.1) is 0 Å². The highest BCUT2D eigenvalue weighted by molar-refractivity contribution is 9.10. The van der Waals surface area contributed by atoms with Gasteiger partial charge in [-0.3, -0.25) is 0 Å². The number of rotatable bonds is 4. The molecule has 0 saturated carbocycles. The van der Waals surface area contributed by atoms with E-state index in [1.54, 1.807) is 11.3 Å². The molecule has 0 spiro atoms. The lowest BCUT2D eigenvalue weighted by atomic mass is 9.90. The van der Waals surface area contributed by atoms with Crippen molar-refractivity contribution in [1.82, 2.24) is 10.6 Å². The minimum Gasteiger partial charge on any atom is -0.316 e. The van der Waals surface area contributed by atoms with E-state index in [4.69, 9.17) is 0 Å². The van der Waals surface area contributed by atoms with Crippen LogP contribution in [0.3, 0.4) is 0 Å². The van der Waals surface area contributed by atoms with E-state index in [2.05, 4.69) is 44.9 Å². The van der Waals surface area contributed by atoms with E-state index in [0.717, 1.165) is 19.6 Å². The van der Waals surface area contributed by atoms with Crippen molar-refractivity contribution < 1.29 is 0 Å². The van der Waals surface area contributed by atoms with Gasteiger partial charge >= 0.3 is 0 Å². The van der Waals surface area contributed by atoms with E-state index in [-0.39, 0.29) is 0 Å². The molecule has 4 heteroatoms. The lowest BCUT2D eigenvalue weighted by Crippen LogP contribution is -2.33. The molecule has 0 amide bonds. The fraction of sp³-hybridized carbons (Fsp3) is 0.636. The summed E-state index contributed by atoms with van der Waals surface area (Å²) in [6, 6.07) is 2.19. The zero-order valence-corrected chi connectivity index (χ0v) is 11.4. The molecule has 1 aliphatic heterocycles. The maximum atomic E-state index is 3.55. The largest absolute Gasteiger partial charge is 0.316 e. The molecule has 0 aliphatic carbocycles. The Morgan fingerprint density at radius 2 is 2.53 bits per heavy atom. The Morgan fingerprint density at radius 3 is 3.13 bits per heavy atom. The zero-order valence-electron chi connectivity index (χ0n) is 8.98. The summed E-state index contributed by atoms with van der Waals surface area (Å²) in [5, 5.41) is 9.10. The Morgan fingerprint density at radius 1 is 1.67 bits per heavy atom. The smallest absolute Gasteiger partial charge is 0.0300 e. The zero-order chi connectivity index (χ0) is 10.7. The van der Waals surface area contributed by atoms with Gasteiger partial charge in [0, 0.05) is 34.4 Å². The number of thiophene rings is 1. The third-order valence-electron chi connectivity index (χ3n) is 2.93. The van der Waals surface area contributed by atoms with Gasteiger partial charge in [-0.15, -0.1) is 11.3 Å². The van der Waals surface area contributed by atoms with Crippen molar-refractivity contribution in [2.75, 3.05) is 19.6 Å². The molecule has 1 aliphatic rings. The van der Waals surface area contributed by atoms with Gasteiger partial charge in [-0.2, -0.15) is 0 Å². The average Bonchev–Trinajstić information content (AvgIpc) is 2.76. The van der Waals surface area contributed by atoms with Crippen molar-refractivity contribution in [3.63, 3.8) is 0 Å². The molecule has 2 N–H and O–H groups in total. The molecular formula is C11H17BrN2S. The summed E-state index contributed by atoms with van der Waals surface area (Å²) >= 11 is 5.28. The molecule has 84 valence electrons. The Labute approximate surface area is 104 Å². The molecule has 15 heavy (non-hydrogen) atoms. The molecule has 0 aromatic carbocycles. The number of hydrogen-bond donors (Lipinski definition) is 2. The molecule has 1 fully saturated rings. The highest BCUT2D eigenvalue weighted by Crippen LogP contribution is 2.24. The fourth-order valence-corrected chi connectivity index (χ4v) is 3.37. The van der Waals surface area contributed by atoms with Crippen LogP contribution >= 0.6 is 27.3 Å². The van der Waals surface area contributed by atoms with Crippen molar-refractivity contribution in [3.05, 3.63) is 20.8 Å².